The lowest BCUT2D eigenvalue weighted by atomic mass is 10.00. The van der Waals surface area contributed by atoms with E-state index < -0.39 is 0 Å². The molecule has 0 aromatic rings. The van der Waals surface area contributed by atoms with Crippen molar-refractivity contribution in [3.8, 4) is 0 Å². The van der Waals surface area contributed by atoms with Crippen LogP contribution in [-0.4, -0.2) is 17.5 Å². The van der Waals surface area contributed by atoms with Crippen molar-refractivity contribution in [1.82, 2.24) is 0 Å². The fourth-order valence-corrected chi connectivity index (χ4v) is 1.15. The van der Waals surface area contributed by atoms with Gasteiger partial charge in [-0.1, -0.05) is 50.1 Å². The van der Waals surface area contributed by atoms with Crippen molar-refractivity contribution >= 4 is 5.78 Å². The molecule has 0 aromatic heterocycles. The van der Waals surface area contributed by atoms with Crippen LogP contribution in [0.2, 0.25) is 0 Å². The van der Waals surface area contributed by atoms with Crippen molar-refractivity contribution in [2.75, 3.05) is 6.61 Å². The summed E-state index contributed by atoms with van der Waals surface area (Å²) in [5.41, 5.74) is 1.02. The lowest BCUT2D eigenvalue weighted by molar-refractivity contribution is -0.112. The number of hydrogen-bond donors (Lipinski definition) is 1. The summed E-state index contributed by atoms with van der Waals surface area (Å²) in [6.07, 6.45) is 9.18. The van der Waals surface area contributed by atoms with Crippen LogP contribution in [0.3, 0.4) is 0 Å². The highest BCUT2D eigenvalue weighted by atomic mass is 16.2. The molecule has 86 valence electrons. The van der Waals surface area contributed by atoms with Crippen LogP contribution in [0.15, 0.2) is 61.3 Å². The van der Waals surface area contributed by atoms with Crippen LogP contribution in [0.25, 0.3) is 0 Å². The first-order valence-corrected chi connectivity index (χ1v) is 5.12. The molecule has 0 saturated carbocycles. The van der Waals surface area contributed by atoms with E-state index in [1.165, 1.54) is 0 Å². The fraction of sp³-hybridized carbons (Fsp3) is 0.214. The monoisotopic (exact) mass is 218 g/mol. The first-order valence-electron chi connectivity index (χ1n) is 5.12. The number of rotatable bonds is 8. The van der Waals surface area contributed by atoms with Gasteiger partial charge in [-0.2, -0.15) is 0 Å². The predicted molar refractivity (Wildman–Crippen MR) is 68.1 cm³/mol. The van der Waals surface area contributed by atoms with Gasteiger partial charge in [-0.05, 0) is 12.8 Å². The molecular weight excluding hydrogens is 200 g/mol. The molecule has 1 N–H and O–H groups in total. The van der Waals surface area contributed by atoms with Crippen molar-refractivity contribution in [1.29, 1.82) is 0 Å². The van der Waals surface area contributed by atoms with Gasteiger partial charge in [0.25, 0.3) is 0 Å². The molecule has 0 spiro atoms. The number of aliphatic hydroxyl groups excluding tert-OH is 1. The first kappa shape index (κ1) is 14.3. The molecule has 16 heavy (non-hydrogen) atoms. The normalized spacial score (nSPS) is 11.4. The maximum Gasteiger partial charge on any atom is 0.188 e. The summed E-state index contributed by atoms with van der Waals surface area (Å²) in [7, 11) is 0. The third-order valence-electron chi connectivity index (χ3n) is 1.94. The van der Waals surface area contributed by atoms with Crippen molar-refractivity contribution in [3.05, 3.63) is 61.3 Å². The van der Waals surface area contributed by atoms with E-state index in [0.717, 1.165) is 0 Å². The number of Topliss-reactive ketones (excluding diaryl/α,β-unsaturated/α-hetero) is 1. The van der Waals surface area contributed by atoms with Crippen molar-refractivity contribution in [2.45, 2.75) is 12.8 Å². The average molecular weight is 218 g/mol. The Kier molecular flexibility index (Phi) is 7.72. The molecular formula is C14H18O2. The molecule has 0 aromatic carbocycles. The van der Waals surface area contributed by atoms with E-state index in [0.29, 0.717) is 24.0 Å². The molecule has 0 amide bonds. The van der Waals surface area contributed by atoms with Gasteiger partial charge in [-0.3, -0.25) is 4.79 Å². The van der Waals surface area contributed by atoms with E-state index in [-0.39, 0.29) is 12.4 Å². The van der Waals surface area contributed by atoms with Gasteiger partial charge in [0.05, 0.1) is 0 Å². The molecule has 0 aliphatic heterocycles. The van der Waals surface area contributed by atoms with Gasteiger partial charge in [0.2, 0.25) is 0 Å². The summed E-state index contributed by atoms with van der Waals surface area (Å²) in [4.78, 5) is 11.9. The topological polar surface area (TPSA) is 37.3 Å². The number of hydrogen-bond acceptors (Lipinski definition) is 2. The lowest BCUT2D eigenvalue weighted by Crippen LogP contribution is -2.04. The summed E-state index contributed by atoms with van der Waals surface area (Å²) in [6, 6.07) is 0. The Hall–Kier alpha value is -1.67. The zero-order chi connectivity index (χ0) is 12.4. The number of carbonyl (C=O) groups is 1. The molecule has 0 atom stereocenters. The Labute approximate surface area is 97.0 Å². The highest BCUT2D eigenvalue weighted by Crippen LogP contribution is 2.12. The minimum absolute atomic E-state index is 0.0662. The molecule has 0 bridgehead atoms. The van der Waals surface area contributed by atoms with Crippen LogP contribution in [-0.2, 0) is 4.79 Å². The smallest absolute Gasteiger partial charge is 0.188 e. The minimum atomic E-state index is -0.119. The Morgan fingerprint density at radius 2 is 1.94 bits per heavy atom. The largest absolute Gasteiger partial charge is 0.396 e. The van der Waals surface area contributed by atoms with Crippen LogP contribution in [0.1, 0.15) is 12.8 Å². The second kappa shape index (κ2) is 8.62. The van der Waals surface area contributed by atoms with Crippen LogP contribution >= 0.6 is 0 Å². The molecule has 0 unspecified atom stereocenters. The first-order chi connectivity index (χ1) is 7.67. The summed E-state index contributed by atoms with van der Waals surface area (Å²) >= 11 is 0. The van der Waals surface area contributed by atoms with E-state index >= 15 is 0 Å². The molecule has 0 radical (unpaired) electrons. The third kappa shape index (κ3) is 5.27. The van der Waals surface area contributed by atoms with Crippen LogP contribution in [0.4, 0.5) is 0 Å². The summed E-state index contributed by atoms with van der Waals surface area (Å²) in [5.74, 6) is -0.119. The number of allylic oxidation sites excluding steroid dienone is 7. The Morgan fingerprint density at radius 1 is 1.25 bits per heavy atom. The van der Waals surface area contributed by atoms with Crippen molar-refractivity contribution < 1.29 is 9.90 Å². The summed E-state index contributed by atoms with van der Waals surface area (Å²) in [6.45, 7) is 10.8. The highest BCUT2D eigenvalue weighted by molar-refractivity contribution is 6.09. The predicted octanol–water partition coefficient (Wildman–Crippen LogP) is 2.74. The number of aliphatic hydroxyl groups is 1. The Morgan fingerprint density at radius 3 is 2.44 bits per heavy atom. The summed E-state index contributed by atoms with van der Waals surface area (Å²) < 4.78 is 0. The highest BCUT2D eigenvalue weighted by Gasteiger charge is 2.09. The summed E-state index contributed by atoms with van der Waals surface area (Å²) in [5, 5.41) is 8.73. The maximum atomic E-state index is 11.9. The zero-order valence-corrected chi connectivity index (χ0v) is 9.48. The number of carbonyl (C=O) groups excluding carboxylic acids is 1. The van der Waals surface area contributed by atoms with Crippen LogP contribution in [0, 0.1) is 0 Å². The molecule has 0 heterocycles. The Bertz CT molecular complexity index is 333. The van der Waals surface area contributed by atoms with Gasteiger partial charge in [0.1, 0.15) is 0 Å². The average Bonchev–Trinajstić information content (AvgIpc) is 2.30. The maximum absolute atomic E-state index is 11.9. The number of ketones is 1. The van der Waals surface area contributed by atoms with Crippen molar-refractivity contribution in [2.24, 2.45) is 0 Å². The SMILES string of the molecule is C=C/C=C\C(=C)C(=O)/C(=C/C=C)CCCO. The lowest BCUT2D eigenvalue weighted by Gasteiger charge is -2.04. The molecule has 0 fully saturated rings. The van der Waals surface area contributed by atoms with E-state index in [2.05, 4.69) is 19.7 Å². The van der Waals surface area contributed by atoms with Crippen LogP contribution < -0.4 is 0 Å². The van der Waals surface area contributed by atoms with Gasteiger partial charge in [-0.25, -0.2) is 0 Å². The van der Waals surface area contributed by atoms with Gasteiger partial charge < -0.3 is 5.11 Å². The molecule has 2 nitrogen and oxygen atoms in total. The van der Waals surface area contributed by atoms with E-state index in [9.17, 15) is 4.79 Å². The zero-order valence-electron chi connectivity index (χ0n) is 9.48. The Balaban J connectivity index is 4.67. The van der Waals surface area contributed by atoms with Gasteiger partial charge >= 0.3 is 0 Å². The fourth-order valence-electron chi connectivity index (χ4n) is 1.15. The molecule has 0 saturated heterocycles. The quantitative estimate of drug-likeness (QED) is 0.502. The van der Waals surface area contributed by atoms with Gasteiger partial charge in [0.15, 0.2) is 5.78 Å². The van der Waals surface area contributed by atoms with E-state index in [1.807, 2.05) is 0 Å². The molecule has 0 aliphatic carbocycles. The van der Waals surface area contributed by atoms with Crippen LogP contribution in [0.5, 0.6) is 0 Å². The van der Waals surface area contributed by atoms with E-state index in [1.54, 1.807) is 30.4 Å². The molecule has 0 rings (SSSR count). The minimum Gasteiger partial charge on any atom is -0.396 e. The van der Waals surface area contributed by atoms with Gasteiger partial charge in [-0.15, -0.1) is 0 Å². The second-order valence-electron chi connectivity index (χ2n) is 3.20. The third-order valence-corrected chi connectivity index (χ3v) is 1.94. The molecule has 0 aliphatic rings. The van der Waals surface area contributed by atoms with Gasteiger partial charge in [0, 0.05) is 17.8 Å². The second-order valence-corrected chi connectivity index (χ2v) is 3.20. The van der Waals surface area contributed by atoms with Crippen molar-refractivity contribution in [3.63, 3.8) is 0 Å². The van der Waals surface area contributed by atoms with E-state index in [4.69, 9.17) is 5.11 Å². The standard InChI is InChI=1S/C14H18O2/c1-4-6-9-12(3)14(16)13(8-5-2)10-7-11-15/h4-6,8-9,15H,1-3,7,10-11H2/b9-6-,13-8+. The molecule has 2 heteroatoms.